The van der Waals surface area contributed by atoms with E-state index in [9.17, 15) is 9.59 Å². The molecule has 0 bridgehead atoms. The van der Waals surface area contributed by atoms with Gasteiger partial charge in [-0.15, -0.1) is 0 Å². The third kappa shape index (κ3) is 7.49. The Bertz CT molecular complexity index is 1450. The molecule has 0 saturated heterocycles. The fraction of sp³-hybridized carbons (Fsp3) is 0.344. The Hall–Kier alpha value is -3.69. The zero-order valence-corrected chi connectivity index (χ0v) is 23.3. The van der Waals surface area contributed by atoms with Gasteiger partial charge in [0.25, 0.3) is 0 Å². The molecule has 2 atom stereocenters. The van der Waals surface area contributed by atoms with E-state index in [4.69, 9.17) is 17.2 Å². The molecule has 1 amide bonds. The van der Waals surface area contributed by atoms with E-state index >= 15 is 0 Å². The van der Waals surface area contributed by atoms with Crippen LogP contribution in [0, 0.1) is 0 Å². The van der Waals surface area contributed by atoms with Gasteiger partial charge in [-0.25, -0.2) is 0 Å². The Kier molecular flexibility index (Phi) is 9.95. The lowest BCUT2D eigenvalue weighted by atomic mass is 9.95. The molecule has 0 spiro atoms. The molecule has 4 rings (SSSR count). The van der Waals surface area contributed by atoms with E-state index in [1.165, 1.54) is 0 Å². The number of rotatable bonds is 14. The number of amides is 1. The molecule has 0 aliphatic heterocycles. The summed E-state index contributed by atoms with van der Waals surface area (Å²) in [6.07, 6.45) is 3.12. The van der Waals surface area contributed by atoms with Crippen LogP contribution in [0.3, 0.4) is 0 Å². The van der Waals surface area contributed by atoms with Crippen LogP contribution in [-0.2, 0) is 16.0 Å². The number of benzene rings is 3. The van der Waals surface area contributed by atoms with Crippen LogP contribution >= 0.6 is 0 Å². The number of aromatic nitrogens is 1. The van der Waals surface area contributed by atoms with E-state index in [2.05, 4.69) is 17.3 Å². The van der Waals surface area contributed by atoms with Gasteiger partial charge < -0.3 is 27.0 Å². The highest BCUT2D eigenvalue weighted by molar-refractivity contribution is 5.94. The number of Topliss-reactive ketones (excluding diaryl/α,β-unsaturated/α-hetero) is 1. The second-order valence-electron chi connectivity index (χ2n) is 10.8. The molecule has 0 aliphatic carbocycles. The zero-order chi connectivity index (χ0) is 28.5. The molecule has 0 unspecified atom stereocenters. The van der Waals surface area contributed by atoms with Crippen molar-refractivity contribution in [2.24, 2.45) is 17.2 Å². The van der Waals surface area contributed by atoms with Crippen LogP contribution < -0.4 is 22.5 Å². The number of nitrogens with zero attached hydrogens (tertiary/aromatic N) is 2. The molecular weight excluding hydrogens is 500 g/mol. The predicted octanol–water partition coefficient (Wildman–Crippen LogP) is 2.83. The van der Waals surface area contributed by atoms with Crippen LogP contribution in [0.25, 0.3) is 21.7 Å². The average Bonchev–Trinajstić information content (AvgIpc) is 2.95. The lowest BCUT2D eigenvalue weighted by Crippen LogP contribution is -2.51. The van der Waals surface area contributed by atoms with E-state index in [1.807, 2.05) is 72.8 Å². The van der Waals surface area contributed by atoms with Crippen LogP contribution in [0.5, 0.6) is 0 Å². The highest BCUT2D eigenvalue weighted by Gasteiger charge is 2.27. The fourth-order valence-electron chi connectivity index (χ4n) is 5.29. The number of ketones is 1. The summed E-state index contributed by atoms with van der Waals surface area (Å²) in [5, 5.41) is 6.01. The molecule has 0 radical (unpaired) electrons. The molecule has 7 N–H and O–H groups in total. The molecule has 1 aromatic heterocycles. The van der Waals surface area contributed by atoms with Crippen molar-refractivity contribution >= 4 is 33.4 Å². The number of quaternary nitrogens is 1. The lowest BCUT2D eigenvalue weighted by molar-refractivity contribution is -0.907. The van der Waals surface area contributed by atoms with Crippen LogP contribution in [0.15, 0.2) is 79.0 Å². The van der Waals surface area contributed by atoms with Gasteiger partial charge in [0.05, 0.1) is 38.2 Å². The maximum Gasteiger partial charge on any atom is 0.237 e. The number of hydrogen-bond donors (Lipinski definition) is 4. The number of fused-ring (bicyclic) bond motifs is 2. The molecule has 4 aromatic rings. The van der Waals surface area contributed by atoms with E-state index in [0.29, 0.717) is 19.5 Å². The van der Waals surface area contributed by atoms with Crippen molar-refractivity contribution in [3.05, 3.63) is 90.1 Å². The predicted molar refractivity (Wildman–Crippen MR) is 161 cm³/mol. The van der Waals surface area contributed by atoms with Crippen molar-refractivity contribution < 1.29 is 14.1 Å². The van der Waals surface area contributed by atoms with Gasteiger partial charge in [-0.05, 0) is 52.9 Å². The van der Waals surface area contributed by atoms with E-state index < -0.39 is 12.1 Å². The first kappa shape index (κ1) is 29.3. The monoisotopic (exact) mass is 541 g/mol. The second kappa shape index (κ2) is 13.6. The molecule has 210 valence electrons. The number of likely N-dealkylation sites (N-methyl/N-ethyl adjacent to an activating group) is 1. The van der Waals surface area contributed by atoms with Gasteiger partial charge in [0.1, 0.15) is 6.04 Å². The number of hydrogen-bond acceptors (Lipinski definition) is 6. The van der Waals surface area contributed by atoms with Gasteiger partial charge in [-0.1, -0.05) is 54.6 Å². The van der Waals surface area contributed by atoms with Crippen molar-refractivity contribution in [3.63, 3.8) is 0 Å². The molecule has 8 heteroatoms. The molecule has 3 aromatic carbocycles. The number of nitrogens with one attached hydrogen (secondary N) is 1. The normalized spacial score (nSPS) is 13.3. The highest BCUT2D eigenvalue weighted by atomic mass is 16.2. The zero-order valence-electron chi connectivity index (χ0n) is 23.3. The summed E-state index contributed by atoms with van der Waals surface area (Å²) in [6.45, 7) is 3.62. The fourth-order valence-corrected chi connectivity index (χ4v) is 5.29. The second-order valence-corrected chi connectivity index (χ2v) is 10.8. The average molecular weight is 542 g/mol. The van der Waals surface area contributed by atoms with E-state index in [-0.39, 0.29) is 18.1 Å². The number of para-hydroxylation sites is 1. The summed E-state index contributed by atoms with van der Waals surface area (Å²) in [4.78, 5) is 31.5. The van der Waals surface area contributed by atoms with Gasteiger partial charge in [-0.2, -0.15) is 0 Å². The molecule has 1 heterocycles. The Labute approximate surface area is 236 Å². The van der Waals surface area contributed by atoms with Gasteiger partial charge >= 0.3 is 0 Å². The number of nitrogens with two attached hydrogens (primary N) is 3. The first-order chi connectivity index (χ1) is 19.3. The molecular formula is C32H41N6O2+. The van der Waals surface area contributed by atoms with Crippen LogP contribution in [0.1, 0.15) is 30.0 Å². The van der Waals surface area contributed by atoms with E-state index in [1.54, 1.807) is 6.20 Å². The van der Waals surface area contributed by atoms with Crippen molar-refractivity contribution in [2.45, 2.75) is 31.3 Å². The van der Waals surface area contributed by atoms with Crippen LogP contribution in [0.2, 0.25) is 0 Å². The highest BCUT2D eigenvalue weighted by Crippen LogP contribution is 2.23. The third-order valence-electron chi connectivity index (χ3n) is 7.63. The van der Waals surface area contributed by atoms with Crippen LogP contribution in [0.4, 0.5) is 0 Å². The summed E-state index contributed by atoms with van der Waals surface area (Å²) in [6, 6.07) is 22.0. The van der Waals surface area contributed by atoms with Gasteiger partial charge in [0, 0.05) is 31.1 Å². The maximum atomic E-state index is 13.7. The van der Waals surface area contributed by atoms with E-state index in [0.717, 1.165) is 63.3 Å². The molecule has 0 aliphatic rings. The van der Waals surface area contributed by atoms with Crippen molar-refractivity contribution in [1.82, 2.24) is 10.3 Å². The summed E-state index contributed by atoms with van der Waals surface area (Å²) >= 11 is 0. The Balaban J connectivity index is 1.51. The SMILES string of the molecule is C[N+](CCN)(CCN)CCC[C@H](N)C(=O)N[C@@H](C(=O)Cc1cnc2ccccc2c1)c1ccc2ccccc2c1. The van der Waals surface area contributed by atoms with Crippen molar-refractivity contribution in [3.8, 4) is 0 Å². The van der Waals surface area contributed by atoms with Crippen molar-refractivity contribution in [2.75, 3.05) is 39.8 Å². The smallest absolute Gasteiger partial charge is 0.237 e. The summed E-state index contributed by atoms with van der Waals surface area (Å²) in [5.41, 5.74) is 20.3. The summed E-state index contributed by atoms with van der Waals surface area (Å²) in [7, 11) is 2.13. The molecule has 8 nitrogen and oxygen atoms in total. The van der Waals surface area contributed by atoms with Gasteiger partial charge in [0.2, 0.25) is 5.91 Å². The molecule has 40 heavy (non-hydrogen) atoms. The maximum absolute atomic E-state index is 13.7. The lowest BCUT2D eigenvalue weighted by Gasteiger charge is -2.34. The topological polar surface area (TPSA) is 137 Å². The summed E-state index contributed by atoms with van der Waals surface area (Å²) < 4.78 is 0.749. The molecule has 0 fully saturated rings. The third-order valence-corrected chi connectivity index (χ3v) is 7.63. The van der Waals surface area contributed by atoms with Crippen molar-refractivity contribution in [1.29, 1.82) is 0 Å². The van der Waals surface area contributed by atoms with Gasteiger partial charge in [0.15, 0.2) is 5.78 Å². The van der Waals surface area contributed by atoms with Gasteiger partial charge in [-0.3, -0.25) is 14.6 Å². The first-order valence-electron chi connectivity index (χ1n) is 14.0. The number of carbonyl (C=O) groups excluding carboxylic acids is 2. The Morgan fingerprint density at radius 1 is 0.875 bits per heavy atom. The van der Waals surface area contributed by atoms with Crippen LogP contribution in [-0.4, -0.2) is 67.0 Å². The Morgan fingerprint density at radius 3 is 2.27 bits per heavy atom. The summed E-state index contributed by atoms with van der Waals surface area (Å²) in [5.74, 6) is -0.460. The number of pyridine rings is 1. The largest absolute Gasteiger partial charge is 0.341 e. The quantitative estimate of drug-likeness (QED) is 0.181. The number of carbonyl (C=O) groups is 2. The minimum atomic E-state index is -0.829. The Morgan fingerprint density at radius 2 is 1.55 bits per heavy atom. The minimum Gasteiger partial charge on any atom is -0.341 e. The molecule has 0 saturated carbocycles. The standard InChI is InChI=1S/C32H40N6O2/c1-38(17-14-33,18-15-34)16-6-10-28(35)32(40)37-31(27-13-12-24-7-2-3-8-25(24)21-27)30(39)20-23-19-26-9-4-5-11-29(26)36-22-23/h2-5,7-9,11-13,19,21-22,28,31H,6,10,14-18,20,33-35H2,1H3/p+1/t28-,31+/m0/s1. The minimum absolute atomic E-state index is 0.122. The first-order valence-corrected chi connectivity index (χ1v) is 14.0.